The van der Waals surface area contributed by atoms with Gasteiger partial charge in [0, 0.05) is 25.7 Å². The molecule has 0 saturated carbocycles. The first kappa shape index (κ1) is 19.0. The van der Waals surface area contributed by atoms with E-state index in [1.165, 1.54) is 0 Å². The van der Waals surface area contributed by atoms with Crippen LogP contribution in [-0.4, -0.2) is 62.4 Å². The van der Waals surface area contributed by atoms with E-state index in [1.54, 1.807) is 0 Å². The summed E-state index contributed by atoms with van der Waals surface area (Å²) in [5, 5.41) is 3.10. The van der Waals surface area contributed by atoms with Gasteiger partial charge >= 0.3 is 0 Å². The summed E-state index contributed by atoms with van der Waals surface area (Å²) in [5.41, 5.74) is 0. The summed E-state index contributed by atoms with van der Waals surface area (Å²) >= 11 is 0. The van der Waals surface area contributed by atoms with Crippen LogP contribution >= 0.6 is 0 Å². The van der Waals surface area contributed by atoms with Crippen molar-refractivity contribution in [1.29, 1.82) is 0 Å². The number of hydrogen-bond acceptors (Lipinski definition) is 5. The molecule has 6 nitrogen and oxygen atoms in total. The number of hydrogen-bond donors (Lipinski definition) is 1. The van der Waals surface area contributed by atoms with E-state index in [0.29, 0.717) is 30.0 Å². The topological polar surface area (TPSA) is 60.0 Å². The second-order valence-electron chi connectivity index (χ2n) is 6.90. The van der Waals surface area contributed by atoms with Gasteiger partial charge in [0.05, 0.1) is 13.2 Å². The van der Waals surface area contributed by atoms with Crippen molar-refractivity contribution in [3.63, 3.8) is 0 Å². The van der Waals surface area contributed by atoms with Gasteiger partial charge in [-0.1, -0.05) is 38.8 Å². The van der Waals surface area contributed by atoms with Gasteiger partial charge in [0.25, 0.3) is 5.91 Å². The fourth-order valence-electron chi connectivity index (χ4n) is 3.80. The van der Waals surface area contributed by atoms with E-state index in [0.717, 1.165) is 39.1 Å². The molecule has 6 heteroatoms. The molecule has 26 heavy (non-hydrogen) atoms. The first-order valence-corrected chi connectivity index (χ1v) is 9.70. The normalized spacial score (nSPS) is 21.4. The number of morpholine rings is 1. The number of nitrogens with zero attached hydrogens (tertiary/aromatic N) is 1. The lowest BCUT2D eigenvalue weighted by atomic mass is 9.92. The molecule has 1 aromatic carbocycles. The average molecular weight is 362 g/mol. The summed E-state index contributed by atoms with van der Waals surface area (Å²) in [5.74, 6) is 1.77. The number of amides is 1. The highest BCUT2D eigenvalue weighted by molar-refractivity contribution is 5.81. The van der Waals surface area contributed by atoms with Gasteiger partial charge in [-0.05, 0) is 18.1 Å². The largest absolute Gasteiger partial charge is 0.485 e. The maximum atomic E-state index is 12.6. The van der Waals surface area contributed by atoms with Gasteiger partial charge < -0.3 is 19.5 Å². The van der Waals surface area contributed by atoms with E-state index < -0.39 is 6.10 Å². The first-order chi connectivity index (χ1) is 12.7. The molecular formula is C20H30N2O4. The third kappa shape index (κ3) is 4.48. The van der Waals surface area contributed by atoms with E-state index in [2.05, 4.69) is 24.1 Å². The maximum Gasteiger partial charge on any atom is 0.264 e. The maximum absolute atomic E-state index is 12.6. The number of para-hydroxylation sites is 2. The van der Waals surface area contributed by atoms with Crippen LogP contribution in [0, 0.1) is 5.92 Å². The Morgan fingerprint density at radius 1 is 1.19 bits per heavy atom. The summed E-state index contributed by atoms with van der Waals surface area (Å²) in [7, 11) is 0. The zero-order valence-electron chi connectivity index (χ0n) is 15.8. The molecule has 0 bridgehead atoms. The summed E-state index contributed by atoms with van der Waals surface area (Å²) in [6.45, 7) is 8.70. The molecule has 0 aromatic heterocycles. The van der Waals surface area contributed by atoms with Gasteiger partial charge in [0.1, 0.15) is 6.61 Å². The van der Waals surface area contributed by atoms with Crippen molar-refractivity contribution in [2.75, 3.05) is 39.5 Å². The Morgan fingerprint density at radius 2 is 1.88 bits per heavy atom. The van der Waals surface area contributed by atoms with E-state index in [-0.39, 0.29) is 12.5 Å². The van der Waals surface area contributed by atoms with Crippen LogP contribution in [0.4, 0.5) is 0 Å². The van der Waals surface area contributed by atoms with Gasteiger partial charge in [-0.2, -0.15) is 0 Å². The van der Waals surface area contributed by atoms with Gasteiger partial charge in [-0.3, -0.25) is 9.69 Å². The second kappa shape index (κ2) is 9.24. The van der Waals surface area contributed by atoms with Gasteiger partial charge in [-0.25, -0.2) is 0 Å². The van der Waals surface area contributed by atoms with Crippen molar-refractivity contribution < 1.29 is 19.0 Å². The van der Waals surface area contributed by atoms with Crippen LogP contribution in [-0.2, 0) is 9.53 Å². The zero-order valence-corrected chi connectivity index (χ0v) is 15.8. The molecule has 1 aromatic rings. The lowest BCUT2D eigenvalue weighted by Crippen LogP contribution is -2.54. The molecule has 1 saturated heterocycles. The molecular weight excluding hydrogens is 332 g/mol. The minimum absolute atomic E-state index is 0.108. The molecule has 144 valence electrons. The number of rotatable bonds is 7. The van der Waals surface area contributed by atoms with Crippen molar-refractivity contribution in [3.8, 4) is 11.5 Å². The fraction of sp³-hybridized carbons (Fsp3) is 0.650. The number of nitrogens with one attached hydrogen (secondary N) is 1. The van der Waals surface area contributed by atoms with Crippen LogP contribution in [0.2, 0.25) is 0 Å². The third-order valence-electron chi connectivity index (χ3n) is 5.39. The van der Waals surface area contributed by atoms with Crippen molar-refractivity contribution in [2.24, 2.45) is 5.92 Å². The predicted molar refractivity (Wildman–Crippen MR) is 99.6 cm³/mol. The molecule has 0 radical (unpaired) electrons. The van der Waals surface area contributed by atoms with Crippen molar-refractivity contribution in [2.45, 2.75) is 38.8 Å². The van der Waals surface area contributed by atoms with Crippen LogP contribution in [0.5, 0.6) is 11.5 Å². The minimum Gasteiger partial charge on any atom is -0.485 e. The molecule has 2 unspecified atom stereocenters. The van der Waals surface area contributed by atoms with E-state index in [4.69, 9.17) is 14.2 Å². The monoisotopic (exact) mass is 362 g/mol. The highest BCUT2D eigenvalue weighted by Gasteiger charge is 2.31. The predicted octanol–water partition coefficient (Wildman–Crippen LogP) is 2.08. The molecule has 1 N–H and O–H groups in total. The average Bonchev–Trinajstić information content (AvgIpc) is 2.71. The Bertz CT molecular complexity index is 585. The van der Waals surface area contributed by atoms with Crippen LogP contribution in [0.1, 0.15) is 26.7 Å². The Kier molecular flexibility index (Phi) is 6.74. The molecule has 2 heterocycles. The van der Waals surface area contributed by atoms with Crippen molar-refractivity contribution >= 4 is 5.91 Å². The molecule has 2 aliphatic rings. The SMILES string of the molecule is CCC(CC)C(CNC(=O)C1COc2ccccc2O1)N1CCOCC1. The minimum atomic E-state index is -0.600. The van der Waals surface area contributed by atoms with Gasteiger partial charge in [-0.15, -0.1) is 0 Å². The van der Waals surface area contributed by atoms with Crippen LogP contribution in [0.25, 0.3) is 0 Å². The van der Waals surface area contributed by atoms with Crippen molar-refractivity contribution in [1.82, 2.24) is 10.2 Å². The fourth-order valence-corrected chi connectivity index (χ4v) is 3.80. The molecule has 1 amide bonds. The zero-order chi connectivity index (χ0) is 18.4. The molecule has 0 spiro atoms. The first-order valence-electron chi connectivity index (χ1n) is 9.70. The van der Waals surface area contributed by atoms with E-state index in [9.17, 15) is 4.79 Å². The Labute approximate surface area is 155 Å². The standard InChI is InChI=1S/C20H30N2O4/c1-3-15(4-2)16(22-9-11-24-12-10-22)13-21-20(23)19-14-25-17-7-5-6-8-18(17)26-19/h5-8,15-16,19H,3-4,9-14H2,1-2H3,(H,21,23). The summed E-state index contributed by atoms with van der Waals surface area (Å²) in [6.07, 6.45) is 1.60. The Morgan fingerprint density at radius 3 is 2.58 bits per heavy atom. The van der Waals surface area contributed by atoms with Crippen LogP contribution < -0.4 is 14.8 Å². The third-order valence-corrected chi connectivity index (χ3v) is 5.39. The van der Waals surface area contributed by atoms with Crippen LogP contribution in [0.3, 0.4) is 0 Å². The summed E-state index contributed by atoms with van der Waals surface area (Å²) in [6, 6.07) is 7.78. The van der Waals surface area contributed by atoms with E-state index in [1.807, 2.05) is 24.3 Å². The number of ether oxygens (including phenoxy) is 3. The highest BCUT2D eigenvalue weighted by Crippen LogP contribution is 2.30. The van der Waals surface area contributed by atoms with Gasteiger partial charge in [0.15, 0.2) is 11.5 Å². The molecule has 3 rings (SSSR count). The lowest BCUT2D eigenvalue weighted by Gasteiger charge is -2.39. The molecule has 2 atom stereocenters. The molecule has 0 aliphatic carbocycles. The smallest absolute Gasteiger partial charge is 0.264 e. The Balaban J connectivity index is 1.58. The number of carbonyl (C=O) groups excluding carboxylic acids is 1. The Hall–Kier alpha value is -1.79. The lowest BCUT2D eigenvalue weighted by molar-refractivity contribution is -0.130. The van der Waals surface area contributed by atoms with Crippen molar-refractivity contribution in [3.05, 3.63) is 24.3 Å². The summed E-state index contributed by atoms with van der Waals surface area (Å²) in [4.78, 5) is 15.1. The number of fused-ring (bicyclic) bond motifs is 1. The molecule has 2 aliphatic heterocycles. The highest BCUT2D eigenvalue weighted by atomic mass is 16.6. The van der Waals surface area contributed by atoms with Crippen LogP contribution in [0.15, 0.2) is 24.3 Å². The van der Waals surface area contributed by atoms with Gasteiger partial charge in [0.2, 0.25) is 6.10 Å². The quantitative estimate of drug-likeness (QED) is 0.805. The molecule has 1 fully saturated rings. The number of benzene rings is 1. The summed E-state index contributed by atoms with van der Waals surface area (Å²) < 4.78 is 17.0. The number of carbonyl (C=O) groups is 1. The van der Waals surface area contributed by atoms with E-state index >= 15 is 0 Å². The second-order valence-corrected chi connectivity index (χ2v) is 6.90.